The summed E-state index contributed by atoms with van der Waals surface area (Å²) in [7, 11) is 0. The third-order valence-electron chi connectivity index (χ3n) is 3.54. The highest BCUT2D eigenvalue weighted by atomic mass is 16.5. The van der Waals surface area contributed by atoms with Crippen LogP contribution in [0.1, 0.15) is 52.0 Å². The minimum Gasteiger partial charge on any atom is -0.488 e. The van der Waals surface area contributed by atoms with Crippen molar-refractivity contribution < 1.29 is 4.74 Å². The van der Waals surface area contributed by atoms with Gasteiger partial charge in [-0.25, -0.2) is 0 Å². The second-order valence-corrected chi connectivity index (χ2v) is 6.54. The average Bonchev–Trinajstić information content (AvgIpc) is 2.37. The SMILES string of the molecule is CC(C)(C)Oc1ccc(CC[C@@H]2CCCCN2)cc1. The van der Waals surface area contributed by atoms with Crippen molar-refractivity contribution in [3.8, 4) is 5.75 Å². The van der Waals surface area contributed by atoms with E-state index in [1.54, 1.807) is 0 Å². The molecule has 19 heavy (non-hydrogen) atoms. The monoisotopic (exact) mass is 261 g/mol. The second kappa shape index (κ2) is 6.42. The zero-order valence-electron chi connectivity index (χ0n) is 12.5. The summed E-state index contributed by atoms with van der Waals surface area (Å²) in [4.78, 5) is 0. The van der Waals surface area contributed by atoms with E-state index in [0.29, 0.717) is 0 Å². The van der Waals surface area contributed by atoms with Crippen molar-refractivity contribution in [2.45, 2.75) is 64.5 Å². The summed E-state index contributed by atoms with van der Waals surface area (Å²) in [5.41, 5.74) is 1.29. The normalized spacial score (nSPS) is 20.3. The first-order chi connectivity index (χ1) is 9.03. The zero-order valence-corrected chi connectivity index (χ0v) is 12.5. The Kier molecular flexibility index (Phi) is 4.87. The molecule has 0 spiro atoms. The maximum atomic E-state index is 5.84. The minimum absolute atomic E-state index is 0.118. The van der Waals surface area contributed by atoms with Crippen LogP contribution in [0.5, 0.6) is 5.75 Å². The molecule has 0 amide bonds. The summed E-state index contributed by atoms with van der Waals surface area (Å²) in [6, 6.07) is 9.30. The van der Waals surface area contributed by atoms with E-state index in [9.17, 15) is 0 Å². The largest absolute Gasteiger partial charge is 0.488 e. The minimum atomic E-state index is -0.118. The molecule has 2 heteroatoms. The first-order valence-electron chi connectivity index (χ1n) is 7.54. The summed E-state index contributed by atoms with van der Waals surface area (Å²) in [5, 5.41) is 3.61. The van der Waals surface area contributed by atoms with Crippen molar-refractivity contribution in [2.24, 2.45) is 0 Å². The number of ether oxygens (including phenoxy) is 1. The van der Waals surface area contributed by atoms with Gasteiger partial charge in [-0.2, -0.15) is 0 Å². The number of benzene rings is 1. The van der Waals surface area contributed by atoms with Gasteiger partial charge in [-0.1, -0.05) is 18.6 Å². The van der Waals surface area contributed by atoms with E-state index in [1.165, 1.54) is 37.8 Å². The van der Waals surface area contributed by atoms with Gasteiger partial charge < -0.3 is 10.1 Å². The molecule has 1 aliphatic heterocycles. The summed E-state index contributed by atoms with van der Waals surface area (Å²) in [6.45, 7) is 7.43. The van der Waals surface area contributed by atoms with Gasteiger partial charge in [0.2, 0.25) is 0 Å². The van der Waals surface area contributed by atoms with Crippen molar-refractivity contribution >= 4 is 0 Å². The van der Waals surface area contributed by atoms with E-state index < -0.39 is 0 Å². The maximum Gasteiger partial charge on any atom is 0.120 e. The van der Waals surface area contributed by atoms with E-state index in [-0.39, 0.29) is 5.60 Å². The molecule has 1 aromatic rings. The fraction of sp³-hybridized carbons (Fsp3) is 0.647. The lowest BCUT2D eigenvalue weighted by atomic mass is 9.98. The third-order valence-corrected chi connectivity index (χ3v) is 3.54. The molecule has 1 aliphatic rings. The van der Waals surface area contributed by atoms with E-state index in [1.807, 2.05) is 0 Å². The van der Waals surface area contributed by atoms with Crippen LogP contribution < -0.4 is 10.1 Å². The quantitative estimate of drug-likeness (QED) is 0.886. The Morgan fingerprint density at radius 3 is 2.47 bits per heavy atom. The molecule has 0 radical (unpaired) electrons. The average molecular weight is 261 g/mol. The van der Waals surface area contributed by atoms with Crippen molar-refractivity contribution in [3.63, 3.8) is 0 Å². The van der Waals surface area contributed by atoms with Gasteiger partial charge in [0, 0.05) is 6.04 Å². The van der Waals surface area contributed by atoms with Crippen LogP contribution >= 0.6 is 0 Å². The molecule has 1 fully saturated rings. The third kappa shape index (κ3) is 5.23. The molecular weight excluding hydrogens is 234 g/mol. The lowest BCUT2D eigenvalue weighted by molar-refractivity contribution is 0.131. The predicted molar refractivity (Wildman–Crippen MR) is 80.8 cm³/mol. The summed E-state index contributed by atoms with van der Waals surface area (Å²) in [5.74, 6) is 0.965. The molecule has 0 aliphatic carbocycles. The number of aryl methyl sites for hydroxylation is 1. The molecule has 106 valence electrons. The van der Waals surface area contributed by atoms with Crippen LogP contribution in [0.15, 0.2) is 24.3 Å². The van der Waals surface area contributed by atoms with Crippen molar-refractivity contribution in [1.82, 2.24) is 5.32 Å². The predicted octanol–water partition coefficient (Wildman–Crippen LogP) is 3.94. The first kappa shape index (κ1) is 14.4. The Morgan fingerprint density at radius 1 is 1.16 bits per heavy atom. The van der Waals surface area contributed by atoms with E-state index in [4.69, 9.17) is 4.74 Å². The summed E-state index contributed by atoms with van der Waals surface area (Å²) in [6.07, 6.45) is 6.48. The van der Waals surface area contributed by atoms with Crippen LogP contribution in [-0.4, -0.2) is 18.2 Å². The molecule has 1 atom stereocenters. The van der Waals surface area contributed by atoms with Crippen molar-refractivity contribution in [1.29, 1.82) is 0 Å². The molecule has 1 N–H and O–H groups in total. The summed E-state index contributed by atoms with van der Waals surface area (Å²) < 4.78 is 5.84. The van der Waals surface area contributed by atoms with Crippen LogP contribution in [-0.2, 0) is 6.42 Å². The molecule has 1 saturated heterocycles. The Balaban J connectivity index is 1.81. The maximum absolute atomic E-state index is 5.84. The van der Waals surface area contributed by atoms with Gasteiger partial charge in [0.15, 0.2) is 0 Å². The number of hydrogen-bond acceptors (Lipinski definition) is 2. The molecule has 0 saturated carbocycles. The molecule has 0 bridgehead atoms. The second-order valence-electron chi connectivity index (χ2n) is 6.54. The van der Waals surface area contributed by atoms with Crippen molar-refractivity contribution in [2.75, 3.05) is 6.54 Å². The lowest BCUT2D eigenvalue weighted by Crippen LogP contribution is -2.34. The van der Waals surface area contributed by atoms with Gasteiger partial charge >= 0.3 is 0 Å². The smallest absolute Gasteiger partial charge is 0.120 e. The molecule has 0 unspecified atom stereocenters. The zero-order chi connectivity index (χ0) is 13.7. The van der Waals surface area contributed by atoms with Gasteiger partial charge in [0.25, 0.3) is 0 Å². The van der Waals surface area contributed by atoms with Crippen LogP contribution in [0.3, 0.4) is 0 Å². The fourth-order valence-corrected chi connectivity index (χ4v) is 2.59. The highest BCUT2D eigenvalue weighted by molar-refractivity contribution is 5.27. The van der Waals surface area contributed by atoms with E-state index >= 15 is 0 Å². The molecule has 2 rings (SSSR count). The standard InChI is InChI=1S/C17H27NO/c1-17(2,3)19-16-11-8-14(9-12-16)7-10-15-6-4-5-13-18-15/h8-9,11-12,15,18H,4-7,10,13H2,1-3H3/t15-/m0/s1. The number of hydrogen-bond donors (Lipinski definition) is 1. The van der Waals surface area contributed by atoms with E-state index in [2.05, 4.69) is 50.4 Å². The topological polar surface area (TPSA) is 21.3 Å². The van der Waals surface area contributed by atoms with Crippen LogP contribution in [0.4, 0.5) is 0 Å². The van der Waals surface area contributed by atoms with Gasteiger partial charge in [-0.05, 0) is 70.7 Å². The van der Waals surface area contributed by atoms with Gasteiger partial charge in [0.1, 0.15) is 11.4 Å². The fourth-order valence-electron chi connectivity index (χ4n) is 2.59. The molecule has 0 aromatic heterocycles. The molecule has 1 heterocycles. The van der Waals surface area contributed by atoms with Crippen molar-refractivity contribution in [3.05, 3.63) is 29.8 Å². The van der Waals surface area contributed by atoms with E-state index in [0.717, 1.165) is 18.2 Å². The molecule has 1 aromatic carbocycles. The highest BCUT2D eigenvalue weighted by Crippen LogP contribution is 2.20. The summed E-state index contributed by atoms with van der Waals surface area (Å²) >= 11 is 0. The Bertz CT molecular complexity index is 371. The number of piperidine rings is 1. The molecule has 2 nitrogen and oxygen atoms in total. The van der Waals surface area contributed by atoms with Crippen LogP contribution in [0, 0.1) is 0 Å². The van der Waals surface area contributed by atoms with Crippen LogP contribution in [0.2, 0.25) is 0 Å². The number of rotatable bonds is 4. The Morgan fingerprint density at radius 2 is 1.89 bits per heavy atom. The highest BCUT2D eigenvalue weighted by Gasteiger charge is 2.13. The Labute approximate surface area is 117 Å². The van der Waals surface area contributed by atoms with Gasteiger partial charge in [-0.3, -0.25) is 0 Å². The van der Waals surface area contributed by atoms with Gasteiger partial charge in [-0.15, -0.1) is 0 Å². The Hall–Kier alpha value is -1.02. The molecular formula is C17H27NO. The number of nitrogens with one attached hydrogen (secondary N) is 1. The lowest BCUT2D eigenvalue weighted by Gasteiger charge is -2.23. The van der Waals surface area contributed by atoms with Gasteiger partial charge in [0.05, 0.1) is 0 Å². The van der Waals surface area contributed by atoms with Crippen LogP contribution in [0.25, 0.3) is 0 Å². The first-order valence-corrected chi connectivity index (χ1v) is 7.54.